The average Bonchev–Trinajstić information content (AvgIpc) is 3.57. The summed E-state index contributed by atoms with van der Waals surface area (Å²) in [5.74, 6) is 1.84. The summed E-state index contributed by atoms with van der Waals surface area (Å²) in [4.78, 5) is 34.9. The molecule has 3 saturated heterocycles. The fourth-order valence-electron chi connectivity index (χ4n) is 8.53. The van der Waals surface area contributed by atoms with E-state index in [9.17, 15) is 31.5 Å². The molecule has 2 aromatic rings. The maximum Gasteiger partial charge on any atom is 0.300 e. The fourth-order valence-corrected chi connectivity index (χ4v) is 12.3. The van der Waals surface area contributed by atoms with Crippen molar-refractivity contribution in [2.45, 2.75) is 119 Å². The average molecular weight is 897 g/mol. The van der Waals surface area contributed by atoms with Crippen molar-refractivity contribution in [2.75, 3.05) is 39.3 Å². The number of aliphatic hydroxyl groups is 1. The van der Waals surface area contributed by atoms with Gasteiger partial charge >= 0.3 is 0 Å². The Morgan fingerprint density at radius 1 is 0.754 bits per heavy atom. The number of carbonyl (C=O) groups excluding carboxylic acids is 2. The molecule has 0 amide bonds. The molecule has 3 saturated carbocycles. The Morgan fingerprint density at radius 2 is 1.23 bits per heavy atom. The number of aliphatic hydroxyl groups excluding tert-OH is 1. The van der Waals surface area contributed by atoms with E-state index in [1.165, 1.54) is 23.7 Å². The standard InChI is InChI=1S/C16H22BrNO3S.C16H25NO3S.C8H11NO.C2H4O2/c1-3-18(11-13-6-9-16(19)15(17)10-13)22(20,21)14-7-4-12(2)5-8-14;1-3-17(12-14-6-8-15(18)9-7-14)21(19,20)16-10-4-13(2)5-11-16;10-8-6-1-5-2-7(8)9(3-5)4-6;1-2(3)4/h4-5,7-8,13,15H,3,6,9-11H2,1-2H3;4-5,10-11,14-15,18H,3,6-9,12H2,1-2H3;5-7H,1-4H2;1H3,(H,3,4). The van der Waals surface area contributed by atoms with Crippen LogP contribution in [0, 0.1) is 37.5 Å². The highest BCUT2D eigenvalue weighted by atomic mass is 79.9. The third kappa shape index (κ3) is 13.0. The normalized spacial score (nSPS) is 27.9. The van der Waals surface area contributed by atoms with E-state index in [1.807, 2.05) is 52.0 Å². The molecule has 8 rings (SSSR count). The van der Waals surface area contributed by atoms with E-state index in [4.69, 9.17) is 9.90 Å². The van der Waals surface area contributed by atoms with Crippen LogP contribution in [-0.2, 0) is 34.4 Å². The molecule has 15 heteroatoms. The number of carbonyl (C=O) groups is 3. The molecule has 318 valence electrons. The Bertz CT molecular complexity index is 1860. The predicted molar refractivity (Wildman–Crippen MR) is 224 cm³/mol. The lowest BCUT2D eigenvalue weighted by molar-refractivity contribution is -0.134. The smallest absolute Gasteiger partial charge is 0.300 e. The molecule has 4 bridgehead atoms. The topological polar surface area (TPSA) is 170 Å². The Balaban J connectivity index is 0.000000190. The maximum absolute atomic E-state index is 12.7. The van der Waals surface area contributed by atoms with Gasteiger partial charge in [-0.1, -0.05) is 65.2 Å². The van der Waals surface area contributed by atoms with Gasteiger partial charge in [-0.2, -0.15) is 8.61 Å². The van der Waals surface area contributed by atoms with Gasteiger partial charge < -0.3 is 10.2 Å². The fraction of sp³-hybridized carbons (Fsp3) is 0.643. The van der Waals surface area contributed by atoms with Gasteiger partial charge in [0.25, 0.3) is 5.97 Å². The molecule has 3 heterocycles. The molecule has 3 aliphatic carbocycles. The number of carboxylic acids is 1. The summed E-state index contributed by atoms with van der Waals surface area (Å²) in [6, 6.07) is 14.3. The molecular weight excluding hydrogens is 835 g/mol. The number of rotatable bonds is 10. The number of hydrogen-bond acceptors (Lipinski definition) is 9. The van der Waals surface area contributed by atoms with E-state index in [0.29, 0.717) is 72.5 Å². The quantitative estimate of drug-likeness (QED) is 0.267. The lowest BCUT2D eigenvalue weighted by Crippen LogP contribution is -2.38. The summed E-state index contributed by atoms with van der Waals surface area (Å²) in [5.41, 5.74) is 2.09. The minimum atomic E-state index is -3.47. The first-order valence-corrected chi connectivity index (χ1v) is 24.1. The largest absolute Gasteiger partial charge is 0.481 e. The summed E-state index contributed by atoms with van der Waals surface area (Å²) in [6.45, 7) is 12.9. The third-order valence-electron chi connectivity index (χ3n) is 11.7. The van der Waals surface area contributed by atoms with Crippen molar-refractivity contribution < 1.29 is 41.4 Å². The highest BCUT2D eigenvalue weighted by Gasteiger charge is 2.51. The highest BCUT2D eigenvalue weighted by Crippen LogP contribution is 2.43. The second-order valence-electron chi connectivity index (χ2n) is 16.2. The Labute approximate surface area is 348 Å². The summed E-state index contributed by atoms with van der Waals surface area (Å²) >= 11 is 3.39. The maximum atomic E-state index is 12.7. The van der Waals surface area contributed by atoms with E-state index in [2.05, 4.69) is 20.8 Å². The summed E-state index contributed by atoms with van der Waals surface area (Å²) < 4.78 is 54.0. The Kier molecular flexibility index (Phi) is 17.5. The number of aryl methyl sites for hydroxylation is 2. The number of aliphatic carboxylic acids is 1. The van der Waals surface area contributed by atoms with Gasteiger partial charge in [-0.05, 0) is 107 Å². The molecule has 12 nitrogen and oxygen atoms in total. The molecule has 6 unspecified atom stereocenters. The van der Waals surface area contributed by atoms with Gasteiger partial charge in [0.15, 0.2) is 5.78 Å². The number of Topliss-reactive ketones (excluding diaryl/α,β-unsaturated/α-hetero) is 2. The minimum absolute atomic E-state index is 0.132. The number of sulfonamides is 2. The molecule has 2 aromatic carbocycles. The molecule has 0 aromatic heterocycles. The summed E-state index contributed by atoms with van der Waals surface area (Å²) in [5, 5.41) is 17.0. The number of carboxylic acid groups (broad SMARTS) is 1. The molecule has 3 aliphatic heterocycles. The van der Waals surface area contributed by atoms with Gasteiger partial charge in [0, 0.05) is 58.5 Å². The molecule has 6 fully saturated rings. The van der Waals surface area contributed by atoms with Crippen LogP contribution < -0.4 is 0 Å². The SMILES string of the molecule is CC(=O)O.CCN(CC1CCC(=O)C(Br)C1)S(=O)(=O)c1ccc(C)cc1.CCN(CC1CCC(O)CC1)S(=O)(=O)c1ccc(C)cc1.O=C1C2CC3CC1N(C3)C2. The van der Waals surface area contributed by atoms with Gasteiger partial charge in [-0.25, -0.2) is 16.8 Å². The molecular formula is C42H62BrN3O9S2. The number of alkyl halides is 1. The number of nitrogens with zero attached hydrogens (tertiary/aromatic N) is 3. The van der Waals surface area contributed by atoms with Crippen LogP contribution in [0.1, 0.15) is 89.7 Å². The first-order valence-electron chi connectivity index (χ1n) is 20.3. The first kappa shape index (κ1) is 47.2. The molecule has 6 aliphatic rings. The molecule has 57 heavy (non-hydrogen) atoms. The minimum Gasteiger partial charge on any atom is -0.481 e. The van der Waals surface area contributed by atoms with Crippen LogP contribution >= 0.6 is 15.9 Å². The van der Waals surface area contributed by atoms with Crippen LogP contribution in [0.25, 0.3) is 0 Å². The van der Waals surface area contributed by atoms with Crippen LogP contribution in [0.15, 0.2) is 58.3 Å². The van der Waals surface area contributed by atoms with Crippen LogP contribution in [0.2, 0.25) is 0 Å². The second-order valence-corrected chi connectivity index (χ2v) is 21.2. The van der Waals surface area contributed by atoms with Gasteiger partial charge in [-0.15, -0.1) is 0 Å². The summed E-state index contributed by atoms with van der Waals surface area (Å²) in [7, 11) is -6.88. The number of piperidine rings is 1. The Morgan fingerprint density at radius 3 is 1.65 bits per heavy atom. The van der Waals surface area contributed by atoms with Crippen LogP contribution in [0.4, 0.5) is 0 Å². The Hall–Kier alpha value is -2.53. The molecule has 0 spiro atoms. The van der Waals surface area contributed by atoms with Crippen LogP contribution in [0.3, 0.4) is 0 Å². The van der Waals surface area contributed by atoms with Gasteiger partial charge in [0.05, 0.1) is 26.8 Å². The molecule has 0 radical (unpaired) electrons. The van der Waals surface area contributed by atoms with E-state index in [1.54, 1.807) is 28.6 Å². The van der Waals surface area contributed by atoms with E-state index < -0.39 is 26.0 Å². The highest BCUT2D eigenvalue weighted by molar-refractivity contribution is 9.10. The lowest BCUT2D eigenvalue weighted by Gasteiger charge is -2.30. The van der Waals surface area contributed by atoms with Gasteiger partial charge in [0.2, 0.25) is 20.0 Å². The predicted octanol–water partition coefficient (Wildman–Crippen LogP) is 6.07. The zero-order chi connectivity index (χ0) is 42.1. The van der Waals surface area contributed by atoms with Crippen LogP contribution in [-0.4, -0.2) is 114 Å². The van der Waals surface area contributed by atoms with Crippen molar-refractivity contribution in [2.24, 2.45) is 23.7 Å². The second kappa shape index (κ2) is 21.1. The van der Waals surface area contributed by atoms with Crippen molar-refractivity contribution in [3.63, 3.8) is 0 Å². The number of ketones is 2. The zero-order valence-corrected chi connectivity index (χ0v) is 37.3. The lowest BCUT2D eigenvalue weighted by atomic mass is 9.82. The van der Waals surface area contributed by atoms with Gasteiger partial charge in [-0.3, -0.25) is 19.3 Å². The van der Waals surface area contributed by atoms with E-state index in [0.717, 1.165) is 62.6 Å². The number of benzene rings is 2. The number of halogens is 1. The van der Waals surface area contributed by atoms with E-state index >= 15 is 0 Å². The zero-order valence-electron chi connectivity index (χ0n) is 34.1. The van der Waals surface area contributed by atoms with Crippen molar-refractivity contribution >= 4 is 53.5 Å². The van der Waals surface area contributed by atoms with Crippen molar-refractivity contribution in [1.29, 1.82) is 0 Å². The van der Waals surface area contributed by atoms with Crippen molar-refractivity contribution in [1.82, 2.24) is 13.5 Å². The van der Waals surface area contributed by atoms with Crippen molar-refractivity contribution in [3.8, 4) is 0 Å². The van der Waals surface area contributed by atoms with Gasteiger partial charge in [0.1, 0.15) is 5.78 Å². The van der Waals surface area contributed by atoms with Crippen molar-refractivity contribution in [3.05, 3.63) is 59.7 Å². The molecule has 2 N–H and O–H groups in total. The van der Waals surface area contributed by atoms with E-state index in [-0.39, 0.29) is 22.6 Å². The molecule has 6 atom stereocenters. The summed E-state index contributed by atoms with van der Waals surface area (Å²) in [6.07, 6.45) is 7.55. The number of hydrogen-bond donors (Lipinski definition) is 2. The monoisotopic (exact) mass is 895 g/mol. The first-order chi connectivity index (χ1) is 26.8. The van der Waals surface area contributed by atoms with Crippen LogP contribution in [0.5, 0.6) is 0 Å². The third-order valence-corrected chi connectivity index (χ3v) is 16.5.